The van der Waals surface area contributed by atoms with Gasteiger partial charge in [0, 0.05) is 31.3 Å². The molecule has 1 unspecified atom stereocenters. The third kappa shape index (κ3) is 7.46. The number of hydrogen-bond donors (Lipinski definition) is 0. The molecule has 27 heavy (non-hydrogen) atoms. The van der Waals surface area contributed by atoms with Crippen LogP contribution in [0.15, 0.2) is 18.2 Å². The number of methoxy groups -OCH3 is 3. The van der Waals surface area contributed by atoms with Crippen LogP contribution in [0.1, 0.15) is 37.6 Å². The molecule has 7 heteroatoms. The van der Waals surface area contributed by atoms with Gasteiger partial charge in [0.05, 0.1) is 33.4 Å². The van der Waals surface area contributed by atoms with Gasteiger partial charge in [-0.05, 0) is 32.4 Å². The molecule has 0 aliphatic rings. The van der Waals surface area contributed by atoms with Crippen molar-refractivity contribution < 1.29 is 28.5 Å². The number of esters is 1. The molecule has 0 saturated carbocycles. The monoisotopic (exact) mass is 381 g/mol. The number of rotatable bonds is 11. The molecule has 1 rings (SSSR count). The molecule has 1 aromatic rings. The zero-order valence-electron chi connectivity index (χ0n) is 17.1. The SMILES string of the molecule is COC(=O)C(C)CN(CCCOC(C)C)C(=O)c1cc(OC)cc(OC)c1. The van der Waals surface area contributed by atoms with Crippen LogP contribution in [-0.4, -0.2) is 63.9 Å². The molecule has 0 fully saturated rings. The van der Waals surface area contributed by atoms with Crippen LogP contribution >= 0.6 is 0 Å². The van der Waals surface area contributed by atoms with Gasteiger partial charge in [-0.3, -0.25) is 9.59 Å². The van der Waals surface area contributed by atoms with Crippen LogP contribution in [0.3, 0.4) is 0 Å². The van der Waals surface area contributed by atoms with E-state index in [4.69, 9.17) is 18.9 Å². The fraction of sp³-hybridized carbons (Fsp3) is 0.600. The summed E-state index contributed by atoms with van der Waals surface area (Å²) in [6.45, 7) is 6.92. The van der Waals surface area contributed by atoms with Gasteiger partial charge >= 0.3 is 5.97 Å². The number of ether oxygens (including phenoxy) is 4. The second-order valence-electron chi connectivity index (χ2n) is 6.55. The average Bonchev–Trinajstić information content (AvgIpc) is 2.67. The summed E-state index contributed by atoms with van der Waals surface area (Å²) in [6, 6.07) is 5.02. The lowest BCUT2D eigenvalue weighted by Crippen LogP contribution is -2.38. The normalized spacial score (nSPS) is 11.8. The fourth-order valence-corrected chi connectivity index (χ4v) is 2.57. The van der Waals surface area contributed by atoms with Crippen molar-refractivity contribution in [1.82, 2.24) is 4.90 Å². The molecule has 0 aromatic heterocycles. The van der Waals surface area contributed by atoms with Crippen LogP contribution in [0.5, 0.6) is 11.5 Å². The van der Waals surface area contributed by atoms with Crippen molar-refractivity contribution in [2.24, 2.45) is 5.92 Å². The second-order valence-corrected chi connectivity index (χ2v) is 6.55. The molecule has 0 N–H and O–H groups in total. The Kier molecular flexibility index (Phi) is 9.64. The molecule has 152 valence electrons. The predicted octanol–water partition coefficient (Wildman–Crippen LogP) is 2.77. The quantitative estimate of drug-likeness (QED) is 0.433. The molecule has 0 aliphatic carbocycles. The number of benzene rings is 1. The Morgan fingerprint density at radius 1 is 1.00 bits per heavy atom. The van der Waals surface area contributed by atoms with Crippen LogP contribution in [0.2, 0.25) is 0 Å². The molecule has 1 amide bonds. The summed E-state index contributed by atoms with van der Waals surface area (Å²) in [4.78, 5) is 26.5. The maximum Gasteiger partial charge on any atom is 0.310 e. The first kappa shape index (κ1) is 22.8. The molecular formula is C20H31NO6. The van der Waals surface area contributed by atoms with E-state index >= 15 is 0 Å². The Hall–Kier alpha value is -2.28. The Balaban J connectivity index is 2.98. The van der Waals surface area contributed by atoms with Crippen LogP contribution < -0.4 is 9.47 Å². The van der Waals surface area contributed by atoms with E-state index in [1.165, 1.54) is 21.3 Å². The Labute approximate surface area is 161 Å². The van der Waals surface area contributed by atoms with Gasteiger partial charge in [-0.1, -0.05) is 6.92 Å². The summed E-state index contributed by atoms with van der Waals surface area (Å²) in [5.74, 6) is 0.0723. The predicted molar refractivity (Wildman–Crippen MR) is 102 cm³/mol. The van der Waals surface area contributed by atoms with Gasteiger partial charge in [-0.2, -0.15) is 0 Å². The van der Waals surface area contributed by atoms with Gasteiger partial charge in [-0.25, -0.2) is 0 Å². The van der Waals surface area contributed by atoms with E-state index in [1.807, 2.05) is 13.8 Å². The summed E-state index contributed by atoms with van der Waals surface area (Å²) in [5, 5.41) is 0. The summed E-state index contributed by atoms with van der Waals surface area (Å²) in [5.41, 5.74) is 0.438. The van der Waals surface area contributed by atoms with E-state index in [1.54, 1.807) is 30.0 Å². The first-order chi connectivity index (χ1) is 12.8. The standard InChI is InChI=1S/C20H31NO6/c1-14(2)27-9-7-8-21(13-15(3)20(23)26-6)19(22)16-10-17(24-4)12-18(11-16)25-5/h10-12,14-15H,7-9,13H2,1-6H3. The highest BCUT2D eigenvalue weighted by atomic mass is 16.5. The second kappa shape index (κ2) is 11.4. The lowest BCUT2D eigenvalue weighted by Gasteiger charge is -2.25. The minimum atomic E-state index is -0.433. The highest BCUT2D eigenvalue weighted by molar-refractivity contribution is 5.95. The van der Waals surface area contributed by atoms with Gasteiger partial charge in [0.1, 0.15) is 11.5 Å². The molecule has 0 radical (unpaired) electrons. The molecule has 0 bridgehead atoms. The lowest BCUT2D eigenvalue weighted by molar-refractivity contribution is -0.145. The molecule has 1 aromatic carbocycles. The summed E-state index contributed by atoms with van der Waals surface area (Å²) in [7, 11) is 4.40. The van der Waals surface area contributed by atoms with E-state index in [0.717, 1.165) is 0 Å². The maximum absolute atomic E-state index is 13.1. The van der Waals surface area contributed by atoms with Crippen molar-refractivity contribution in [2.75, 3.05) is 41.0 Å². The number of amides is 1. The average molecular weight is 381 g/mol. The summed E-state index contributed by atoms with van der Waals surface area (Å²) < 4.78 is 20.8. The minimum Gasteiger partial charge on any atom is -0.497 e. The summed E-state index contributed by atoms with van der Waals surface area (Å²) >= 11 is 0. The lowest BCUT2D eigenvalue weighted by atomic mass is 10.1. The van der Waals surface area contributed by atoms with Gasteiger partial charge in [0.25, 0.3) is 5.91 Å². The number of nitrogens with zero attached hydrogens (tertiary/aromatic N) is 1. The van der Waals surface area contributed by atoms with Crippen LogP contribution in [-0.2, 0) is 14.3 Å². The van der Waals surface area contributed by atoms with E-state index in [-0.39, 0.29) is 24.5 Å². The Morgan fingerprint density at radius 3 is 2.07 bits per heavy atom. The zero-order valence-corrected chi connectivity index (χ0v) is 17.1. The third-order valence-electron chi connectivity index (χ3n) is 4.01. The fourth-order valence-electron chi connectivity index (χ4n) is 2.57. The highest BCUT2D eigenvalue weighted by Crippen LogP contribution is 2.24. The van der Waals surface area contributed by atoms with Crippen molar-refractivity contribution in [1.29, 1.82) is 0 Å². The van der Waals surface area contributed by atoms with Crippen molar-refractivity contribution in [3.05, 3.63) is 23.8 Å². The highest BCUT2D eigenvalue weighted by Gasteiger charge is 2.23. The molecular weight excluding hydrogens is 350 g/mol. The molecule has 7 nitrogen and oxygen atoms in total. The third-order valence-corrected chi connectivity index (χ3v) is 4.01. The van der Waals surface area contributed by atoms with Gasteiger partial charge < -0.3 is 23.8 Å². The number of carbonyl (C=O) groups excluding carboxylic acids is 2. The van der Waals surface area contributed by atoms with Crippen molar-refractivity contribution in [3.8, 4) is 11.5 Å². The largest absolute Gasteiger partial charge is 0.497 e. The van der Waals surface area contributed by atoms with Crippen molar-refractivity contribution >= 4 is 11.9 Å². The van der Waals surface area contributed by atoms with Crippen LogP contribution in [0, 0.1) is 5.92 Å². The van der Waals surface area contributed by atoms with Crippen molar-refractivity contribution in [2.45, 2.75) is 33.3 Å². The Morgan fingerprint density at radius 2 is 1.59 bits per heavy atom. The van der Waals surface area contributed by atoms with Gasteiger partial charge in [-0.15, -0.1) is 0 Å². The zero-order chi connectivity index (χ0) is 20.4. The number of hydrogen-bond acceptors (Lipinski definition) is 6. The smallest absolute Gasteiger partial charge is 0.310 e. The molecule has 0 spiro atoms. The van der Waals surface area contributed by atoms with E-state index in [2.05, 4.69) is 0 Å². The topological polar surface area (TPSA) is 74.3 Å². The van der Waals surface area contributed by atoms with Crippen LogP contribution in [0.25, 0.3) is 0 Å². The molecule has 0 heterocycles. The summed E-state index contributed by atoms with van der Waals surface area (Å²) in [6.07, 6.45) is 0.796. The molecule has 0 aliphatic heterocycles. The molecule has 1 atom stereocenters. The maximum atomic E-state index is 13.1. The Bertz CT molecular complexity index is 594. The van der Waals surface area contributed by atoms with E-state index in [0.29, 0.717) is 36.6 Å². The van der Waals surface area contributed by atoms with Crippen LogP contribution in [0.4, 0.5) is 0 Å². The minimum absolute atomic E-state index is 0.130. The van der Waals surface area contributed by atoms with Crippen molar-refractivity contribution in [3.63, 3.8) is 0 Å². The van der Waals surface area contributed by atoms with E-state index in [9.17, 15) is 9.59 Å². The van der Waals surface area contributed by atoms with Gasteiger partial charge in [0.15, 0.2) is 0 Å². The first-order valence-electron chi connectivity index (χ1n) is 9.04. The van der Waals surface area contributed by atoms with Gasteiger partial charge in [0.2, 0.25) is 0 Å². The number of carbonyl (C=O) groups is 2. The first-order valence-corrected chi connectivity index (χ1v) is 9.04. The van der Waals surface area contributed by atoms with E-state index < -0.39 is 5.92 Å². The molecule has 0 saturated heterocycles.